The molecule has 2 N–H and O–H groups in total. The van der Waals surface area contributed by atoms with Crippen molar-refractivity contribution in [2.24, 2.45) is 5.73 Å². The summed E-state index contributed by atoms with van der Waals surface area (Å²) in [5.74, 6) is -0.393. The quantitative estimate of drug-likeness (QED) is 0.841. The van der Waals surface area contributed by atoms with Crippen LogP contribution in [-0.2, 0) is 16.0 Å². The van der Waals surface area contributed by atoms with E-state index in [-0.39, 0.29) is 0 Å². The van der Waals surface area contributed by atoms with Crippen LogP contribution in [0.1, 0.15) is 12.5 Å². The fraction of sp³-hybridized carbons (Fsp3) is 0.267. The number of fused-ring (bicyclic) bond motifs is 1. The highest BCUT2D eigenvalue weighted by atomic mass is 16.5. The second-order valence-electron chi connectivity index (χ2n) is 4.72. The molecular formula is C15H17NO2. The van der Waals surface area contributed by atoms with Crippen LogP contribution in [0.25, 0.3) is 10.8 Å². The molecule has 2 rings (SSSR count). The summed E-state index contributed by atoms with van der Waals surface area (Å²) in [6.07, 6.45) is 0.459. The third-order valence-electron chi connectivity index (χ3n) is 3.09. The molecule has 2 aromatic rings. The molecule has 0 unspecified atom stereocenters. The summed E-state index contributed by atoms with van der Waals surface area (Å²) in [5.41, 5.74) is 6.08. The fourth-order valence-corrected chi connectivity index (χ4v) is 2.15. The first-order valence-electron chi connectivity index (χ1n) is 5.88. The summed E-state index contributed by atoms with van der Waals surface area (Å²) in [5, 5.41) is 2.27. The Morgan fingerprint density at radius 3 is 2.61 bits per heavy atom. The van der Waals surface area contributed by atoms with E-state index in [4.69, 9.17) is 10.5 Å². The molecule has 1 atom stereocenters. The maximum atomic E-state index is 11.6. The number of esters is 1. The lowest BCUT2D eigenvalue weighted by Gasteiger charge is -2.22. The molecule has 0 bridgehead atoms. The van der Waals surface area contributed by atoms with Gasteiger partial charge in [-0.3, -0.25) is 4.79 Å². The Morgan fingerprint density at radius 1 is 1.22 bits per heavy atom. The van der Waals surface area contributed by atoms with Gasteiger partial charge in [0.05, 0.1) is 7.11 Å². The van der Waals surface area contributed by atoms with Crippen LogP contribution in [-0.4, -0.2) is 18.6 Å². The van der Waals surface area contributed by atoms with E-state index < -0.39 is 11.5 Å². The van der Waals surface area contributed by atoms with Crippen molar-refractivity contribution in [3.05, 3.63) is 48.0 Å². The molecule has 0 aromatic heterocycles. The summed E-state index contributed by atoms with van der Waals surface area (Å²) in [6, 6.07) is 14.1. The number of methoxy groups -OCH3 is 1. The van der Waals surface area contributed by atoms with Gasteiger partial charge in [0.15, 0.2) is 0 Å². The van der Waals surface area contributed by atoms with Gasteiger partial charge in [-0.15, -0.1) is 0 Å². The summed E-state index contributed by atoms with van der Waals surface area (Å²) in [7, 11) is 1.36. The number of hydrogen-bond acceptors (Lipinski definition) is 3. The average molecular weight is 243 g/mol. The van der Waals surface area contributed by atoms with E-state index in [1.165, 1.54) is 7.11 Å². The number of hydrogen-bond donors (Lipinski definition) is 1. The third-order valence-corrected chi connectivity index (χ3v) is 3.09. The van der Waals surface area contributed by atoms with E-state index in [2.05, 4.69) is 0 Å². The second kappa shape index (κ2) is 4.78. The third kappa shape index (κ3) is 2.36. The minimum absolute atomic E-state index is 0.393. The molecule has 18 heavy (non-hydrogen) atoms. The van der Waals surface area contributed by atoms with Gasteiger partial charge in [-0.05, 0) is 23.3 Å². The van der Waals surface area contributed by atoms with Crippen molar-refractivity contribution >= 4 is 16.7 Å². The van der Waals surface area contributed by atoms with Crippen LogP contribution in [0, 0.1) is 0 Å². The topological polar surface area (TPSA) is 52.3 Å². The molecule has 3 nitrogen and oxygen atoms in total. The molecule has 0 radical (unpaired) electrons. The minimum atomic E-state index is -1.00. The van der Waals surface area contributed by atoms with Gasteiger partial charge in [0.25, 0.3) is 0 Å². The van der Waals surface area contributed by atoms with Gasteiger partial charge in [-0.2, -0.15) is 0 Å². The first-order valence-corrected chi connectivity index (χ1v) is 5.88. The molecule has 0 aliphatic carbocycles. The summed E-state index contributed by atoms with van der Waals surface area (Å²) in [4.78, 5) is 11.6. The van der Waals surface area contributed by atoms with Crippen molar-refractivity contribution in [2.75, 3.05) is 7.11 Å². The summed E-state index contributed by atoms with van der Waals surface area (Å²) < 4.78 is 4.74. The van der Waals surface area contributed by atoms with E-state index in [9.17, 15) is 4.79 Å². The van der Waals surface area contributed by atoms with Crippen molar-refractivity contribution in [2.45, 2.75) is 18.9 Å². The highest BCUT2D eigenvalue weighted by Gasteiger charge is 2.30. The first-order chi connectivity index (χ1) is 8.54. The van der Waals surface area contributed by atoms with Crippen LogP contribution in [0.3, 0.4) is 0 Å². The van der Waals surface area contributed by atoms with Gasteiger partial charge in [-0.25, -0.2) is 0 Å². The molecule has 0 aliphatic rings. The Kier molecular flexibility index (Phi) is 3.34. The van der Waals surface area contributed by atoms with Crippen LogP contribution in [0.5, 0.6) is 0 Å². The number of nitrogens with two attached hydrogens (primary N) is 1. The SMILES string of the molecule is COC(=O)[C@](C)(N)Cc1cccc2ccccc12. The molecule has 0 amide bonds. The van der Waals surface area contributed by atoms with E-state index in [0.717, 1.165) is 16.3 Å². The Morgan fingerprint density at radius 2 is 1.89 bits per heavy atom. The van der Waals surface area contributed by atoms with E-state index in [1.807, 2.05) is 42.5 Å². The molecule has 0 saturated heterocycles. The zero-order valence-corrected chi connectivity index (χ0v) is 10.6. The lowest BCUT2D eigenvalue weighted by Crippen LogP contribution is -2.47. The number of carbonyl (C=O) groups is 1. The molecule has 0 fully saturated rings. The smallest absolute Gasteiger partial charge is 0.325 e. The van der Waals surface area contributed by atoms with Gasteiger partial charge < -0.3 is 10.5 Å². The summed E-state index contributed by atoms with van der Waals surface area (Å²) >= 11 is 0. The highest BCUT2D eigenvalue weighted by Crippen LogP contribution is 2.22. The Hall–Kier alpha value is -1.87. The largest absolute Gasteiger partial charge is 0.468 e. The van der Waals surface area contributed by atoms with E-state index in [1.54, 1.807) is 6.92 Å². The zero-order valence-electron chi connectivity index (χ0n) is 10.6. The van der Waals surface area contributed by atoms with Gasteiger partial charge >= 0.3 is 5.97 Å². The highest BCUT2D eigenvalue weighted by molar-refractivity contribution is 5.87. The van der Waals surface area contributed by atoms with Gasteiger partial charge in [-0.1, -0.05) is 42.5 Å². The fourth-order valence-electron chi connectivity index (χ4n) is 2.15. The molecule has 2 aromatic carbocycles. The molecule has 0 aliphatic heterocycles. The monoisotopic (exact) mass is 243 g/mol. The maximum absolute atomic E-state index is 11.6. The van der Waals surface area contributed by atoms with E-state index >= 15 is 0 Å². The number of carbonyl (C=O) groups excluding carboxylic acids is 1. The van der Waals surface area contributed by atoms with Crippen molar-refractivity contribution in [1.82, 2.24) is 0 Å². The zero-order chi connectivity index (χ0) is 13.2. The van der Waals surface area contributed by atoms with Crippen LogP contribution >= 0.6 is 0 Å². The lowest BCUT2D eigenvalue weighted by atomic mass is 9.91. The van der Waals surface area contributed by atoms with E-state index in [0.29, 0.717) is 6.42 Å². The molecule has 94 valence electrons. The molecule has 3 heteroatoms. The number of ether oxygens (including phenoxy) is 1. The Bertz CT molecular complexity index is 570. The second-order valence-corrected chi connectivity index (χ2v) is 4.72. The van der Waals surface area contributed by atoms with Crippen molar-refractivity contribution in [3.8, 4) is 0 Å². The predicted molar refractivity (Wildman–Crippen MR) is 72.3 cm³/mol. The molecule has 0 spiro atoms. The van der Waals surface area contributed by atoms with Crippen molar-refractivity contribution in [3.63, 3.8) is 0 Å². The lowest BCUT2D eigenvalue weighted by molar-refractivity contribution is -0.146. The standard InChI is InChI=1S/C15H17NO2/c1-15(16,14(17)18-2)10-12-8-5-7-11-6-3-4-9-13(11)12/h3-9H,10,16H2,1-2H3/t15-/m1/s1. The van der Waals surface area contributed by atoms with Crippen molar-refractivity contribution < 1.29 is 9.53 Å². The maximum Gasteiger partial charge on any atom is 0.325 e. The Labute approximate surface area is 107 Å². The minimum Gasteiger partial charge on any atom is -0.468 e. The molecular weight excluding hydrogens is 226 g/mol. The van der Waals surface area contributed by atoms with Crippen molar-refractivity contribution in [1.29, 1.82) is 0 Å². The predicted octanol–water partition coefficient (Wildman–Crippen LogP) is 2.27. The van der Waals surface area contributed by atoms with Gasteiger partial charge in [0.2, 0.25) is 0 Å². The first kappa shape index (κ1) is 12.6. The van der Waals surface area contributed by atoms with Crippen LogP contribution in [0.15, 0.2) is 42.5 Å². The van der Waals surface area contributed by atoms with Gasteiger partial charge in [0, 0.05) is 6.42 Å². The normalized spacial score (nSPS) is 14.2. The van der Waals surface area contributed by atoms with Crippen LogP contribution < -0.4 is 5.73 Å². The van der Waals surface area contributed by atoms with Crippen LogP contribution in [0.4, 0.5) is 0 Å². The average Bonchev–Trinajstić information content (AvgIpc) is 2.38. The summed E-state index contributed by atoms with van der Waals surface area (Å²) in [6.45, 7) is 1.70. The molecule has 0 heterocycles. The van der Waals surface area contributed by atoms with Crippen LogP contribution in [0.2, 0.25) is 0 Å². The number of benzene rings is 2. The Balaban J connectivity index is 2.41. The molecule has 0 saturated carbocycles. The van der Waals surface area contributed by atoms with Gasteiger partial charge in [0.1, 0.15) is 5.54 Å². The number of rotatable bonds is 3.